The van der Waals surface area contributed by atoms with Crippen LogP contribution in [0.3, 0.4) is 0 Å². The number of carbonyl (C=O) groups excluding carboxylic acids is 5. The zero-order valence-corrected chi connectivity index (χ0v) is 32.3. The number of guanidine groups is 1. The first kappa shape index (κ1) is 48.4. The van der Waals surface area contributed by atoms with Crippen LogP contribution in [0.25, 0.3) is 11.0 Å². The summed E-state index contributed by atoms with van der Waals surface area (Å²) in [4.78, 5) is 93.3. The molecule has 0 aliphatic heterocycles. The van der Waals surface area contributed by atoms with Crippen LogP contribution in [-0.2, 0) is 34.9 Å². The molecule has 1 aromatic heterocycles. The van der Waals surface area contributed by atoms with Gasteiger partial charge in [-0.05, 0) is 70.0 Å². The predicted molar refractivity (Wildman–Crippen MR) is 205 cm³/mol. The summed E-state index contributed by atoms with van der Waals surface area (Å²) in [6, 6.07) is -2.15. The zero-order valence-electron chi connectivity index (χ0n) is 32.3. The van der Waals surface area contributed by atoms with Gasteiger partial charge in [0.2, 0.25) is 29.5 Å². The van der Waals surface area contributed by atoms with E-state index < -0.39 is 107 Å². The zero-order chi connectivity index (χ0) is 43.7. The van der Waals surface area contributed by atoms with E-state index in [1.807, 2.05) is 0 Å². The molecule has 58 heavy (non-hydrogen) atoms. The number of unbranched alkanes of at least 4 members (excludes halogenated alkanes) is 1. The number of aliphatic carboxylic acids is 1. The van der Waals surface area contributed by atoms with E-state index in [0.29, 0.717) is 25.5 Å². The largest absolute Gasteiger partial charge is 0.481 e. The van der Waals surface area contributed by atoms with E-state index in [9.17, 15) is 51.8 Å². The molecule has 1 heterocycles. The number of hydrogen-bond acceptors (Lipinski definition) is 11. The summed E-state index contributed by atoms with van der Waals surface area (Å²) in [5.74, 6) is -5.95. The number of hydrogen-bond donors (Lipinski definition) is 10. The number of benzene rings is 1. The van der Waals surface area contributed by atoms with Gasteiger partial charge in [0.1, 0.15) is 29.8 Å². The van der Waals surface area contributed by atoms with Crippen molar-refractivity contribution in [1.29, 1.82) is 0 Å². The van der Waals surface area contributed by atoms with Crippen LogP contribution in [0.1, 0.15) is 77.7 Å². The van der Waals surface area contributed by atoms with E-state index in [2.05, 4.69) is 31.6 Å². The number of halogens is 3. The summed E-state index contributed by atoms with van der Waals surface area (Å²) < 4.78 is 45.6. The van der Waals surface area contributed by atoms with Gasteiger partial charge in [0.25, 0.3) is 0 Å². The molecular formula is C36H52F3N9O10. The van der Waals surface area contributed by atoms with Gasteiger partial charge in [-0.25, -0.2) is 4.79 Å². The van der Waals surface area contributed by atoms with E-state index in [4.69, 9.17) is 26.7 Å². The number of aliphatic hydroxyl groups is 1. The maximum atomic E-state index is 13.7. The van der Waals surface area contributed by atoms with Crippen LogP contribution < -0.4 is 49.4 Å². The van der Waals surface area contributed by atoms with E-state index in [0.717, 1.165) is 18.2 Å². The first-order valence-corrected chi connectivity index (χ1v) is 18.4. The van der Waals surface area contributed by atoms with Gasteiger partial charge < -0.3 is 58.4 Å². The number of anilines is 1. The molecule has 0 aliphatic rings. The Balaban J connectivity index is 2.33. The average Bonchev–Trinajstić information content (AvgIpc) is 3.11. The van der Waals surface area contributed by atoms with Gasteiger partial charge in [0.15, 0.2) is 5.96 Å². The van der Waals surface area contributed by atoms with Crippen LogP contribution in [0.5, 0.6) is 0 Å². The Kier molecular flexibility index (Phi) is 19.1. The van der Waals surface area contributed by atoms with Gasteiger partial charge in [0, 0.05) is 36.2 Å². The smallest absolute Gasteiger partial charge is 0.417 e. The third-order valence-corrected chi connectivity index (χ3v) is 8.46. The third kappa shape index (κ3) is 16.4. The van der Waals surface area contributed by atoms with Crippen molar-refractivity contribution in [2.75, 3.05) is 18.4 Å². The molecule has 322 valence electrons. The van der Waals surface area contributed by atoms with Crippen LogP contribution in [-0.4, -0.2) is 95.0 Å². The number of aliphatic hydroxyl groups excluding tert-OH is 1. The molecule has 5 atom stereocenters. The summed E-state index contributed by atoms with van der Waals surface area (Å²) in [6.45, 7) is 5.01. The summed E-state index contributed by atoms with van der Waals surface area (Å²) >= 11 is 0. The molecule has 0 fully saturated rings. The standard InChI is InChI=1S/C36H52F3N9O10/c1-18(2)15-25(47-32(55)23(7-4-5-13-40)45-27(50)11-12-28(51)52)33(56)48-30(19(3)49)34(57)46-24(8-6-14-43-35(41)42)31(54)44-20-9-10-21-22(36(37,38)39)17-29(53)58-26(21)16-20/h9-10,16-19,23-25,30,49H,4-8,11-15,40H2,1-3H3,(H,44,54)(H,45,50)(H,46,57)(H,47,55)(H,48,56)(H,51,52)(H4,41,42,43). The Morgan fingerprint density at radius 2 is 1.45 bits per heavy atom. The number of amides is 5. The first-order valence-electron chi connectivity index (χ1n) is 18.4. The fourth-order valence-electron chi connectivity index (χ4n) is 5.62. The number of fused-ring (bicyclic) bond motifs is 1. The topological polar surface area (TPSA) is 324 Å². The van der Waals surface area contributed by atoms with E-state index in [1.54, 1.807) is 13.8 Å². The normalized spacial score (nSPS) is 14.0. The van der Waals surface area contributed by atoms with Crippen LogP contribution in [0.4, 0.5) is 18.9 Å². The second-order valence-corrected chi connectivity index (χ2v) is 13.9. The lowest BCUT2D eigenvalue weighted by Crippen LogP contribution is -2.60. The van der Waals surface area contributed by atoms with Crippen molar-refractivity contribution in [3.8, 4) is 0 Å². The first-order chi connectivity index (χ1) is 27.1. The molecular weight excluding hydrogens is 775 g/mol. The van der Waals surface area contributed by atoms with Crippen LogP contribution in [0, 0.1) is 5.92 Å². The van der Waals surface area contributed by atoms with Crippen LogP contribution >= 0.6 is 0 Å². The Morgan fingerprint density at radius 1 is 0.828 bits per heavy atom. The van der Waals surface area contributed by atoms with Crippen molar-refractivity contribution < 1.29 is 56.6 Å². The van der Waals surface area contributed by atoms with Crippen molar-refractivity contribution in [2.45, 2.75) is 109 Å². The lowest BCUT2D eigenvalue weighted by atomic mass is 10.0. The maximum Gasteiger partial charge on any atom is 0.417 e. The molecule has 0 spiro atoms. The van der Waals surface area contributed by atoms with Crippen molar-refractivity contribution in [1.82, 2.24) is 21.3 Å². The van der Waals surface area contributed by atoms with Gasteiger partial charge in [-0.15, -0.1) is 0 Å². The van der Waals surface area contributed by atoms with Gasteiger partial charge in [-0.3, -0.25) is 33.8 Å². The maximum absolute atomic E-state index is 13.7. The highest BCUT2D eigenvalue weighted by Gasteiger charge is 2.35. The molecule has 0 radical (unpaired) electrons. The van der Waals surface area contributed by atoms with E-state index in [-0.39, 0.29) is 49.8 Å². The minimum atomic E-state index is -4.88. The van der Waals surface area contributed by atoms with Gasteiger partial charge >= 0.3 is 17.8 Å². The number of aliphatic imine (C=N–C) groups is 1. The number of alkyl halides is 3. The quantitative estimate of drug-likeness (QED) is 0.0309. The summed E-state index contributed by atoms with van der Waals surface area (Å²) in [5, 5.41) is 31.5. The van der Waals surface area contributed by atoms with Crippen molar-refractivity contribution in [2.24, 2.45) is 28.1 Å². The molecule has 0 saturated heterocycles. The highest BCUT2D eigenvalue weighted by atomic mass is 19.4. The van der Waals surface area contributed by atoms with Gasteiger partial charge in [0.05, 0.1) is 18.1 Å². The van der Waals surface area contributed by atoms with E-state index >= 15 is 0 Å². The number of nitrogens with zero attached hydrogens (tertiary/aromatic N) is 1. The van der Waals surface area contributed by atoms with Crippen molar-refractivity contribution in [3.63, 3.8) is 0 Å². The molecule has 0 aliphatic carbocycles. The lowest BCUT2D eigenvalue weighted by molar-refractivity contribution is -0.139. The number of nitrogens with one attached hydrogen (secondary N) is 5. The summed E-state index contributed by atoms with van der Waals surface area (Å²) in [7, 11) is 0. The Morgan fingerprint density at radius 3 is 2.03 bits per heavy atom. The molecule has 2 aromatic rings. The third-order valence-electron chi connectivity index (χ3n) is 8.46. The fraction of sp³-hybridized carbons (Fsp3) is 0.556. The molecule has 0 bridgehead atoms. The Bertz CT molecular complexity index is 1850. The highest BCUT2D eigenvalue weighted by Crippen LogP contribution is 2.34. The van der Waals surface area contributed by atoms with Gasteiger partial charge in [-0.2, -0.15) is 13.2 Å². The molecule has 0 saturated carbocycles. The molecule has 5 amide bonds. The molecule has 13 N–H and O–H groups in total. The van der Waals surface area contributed by atoms with Crippen LogP contribution in [0.15, 0.2) is 38.5 Å². The number of carboxylic acids is 1. The number of carbonyl (C=O) groups is 6. The lowest BCUT2D eigenvalue weighted by Gasteiger charge is -2.28. The molecule has 19 nitrogen and oxygen atoms in total. The van der Waals surface area contributed by atoms with Crippen molar-refractivity contribution >= 4 is 58.1 Å². The van der Waals surface area contributed by atoms with Crippen molar-refractivity contribution in [3.05, 3.63) is 40.2 Å². The number of rotatable bonds is 23. The minimum absolute atomic E-state index is 0.0176. The van der Waals surface area contributed by atoms with E-state index in [1.165, 1.54) is 6.92 Å². The second-order valence-electron chi connectivity index (χ2n) is 13.9. The Labute approximate surface area is 331 Å². The molecule has 2 rings (SSSR count). The predicted octanol–water partition coefficient (Wildman–Crippen LogP) is 0.164. The Hall–Kier alpha value is -5.77. The molecule has 5 unspecified atom stereocenters. The second kappa shape index (κ2) is 22.8. The summed E-state index contributed by atoms with van der Waals surface area (Å²) in [5.41, 5.74) is 13.2. The summed E-state index contributed by atoms with van der Waals surface area (Å²) in [6.07, 6.45) is -6.24. The van der Waals surface area contributed by atoms with Gasteiger partial charge in [-0.1, -0.05) is 13.8 Å². The van der Waals surface area contributed by atoms with Crippen LogP contribution in [0.2, 0.25) is 0 Å². The average molecular weight is 828 g/mol. The highest BCUT2D eigenvalue weighted by molar-refractivity contribution is 6.00. The fourth-order valence-corrected chi connectivity index (χ4v) is 5.62. The monoisotopic (exact) mass is 827 g/mol. The SMILES string of the molecule is CC(C)CC(NC(=O)C(CCCCN)NC(=O)CCC(=O)O)C(=O)NC(C(=O)NC(CCCN=C(N)N)C(=O)Nc1ccc2c(C(F)(F)F)cc(=O)oc2c1)C(C)O. The minimum Gasteiger partial charge on any atom is -0.481 e. The molecule has 22 heteroatoms. The molecule has 1 aromatic carbocycles. The number of nitrogens with two attached hydrogens (primary N) is 3. The number of carboxylic acid groups (broad SMARTS) is 1.